The molecule has 0 aliphatic rings. The third-order valence-electron chi connectivity index (χ3n) is 1.87. The largest absolute Gasteiger partial charge is 0.374 e. The summed E-state index contributed by atoms with van der Waals surface area (Å²) in [5.41, 5.74) is 8.07. The molecule has 3 nitrogen and oxygen atoms in total. The van der Waals surface area contributed by atoms with Crippen LogP contribution in [0.1, 0.15) is 11.1 Å². The SMILES string of the molecule is Cc1cccc(CSc2nsc(N)n2)c1. The van der Waals surface area contributed by atoms with Gasteiger partial charge in [-0.3, -0.25) is 0 Å². The lowest BCUT2D eigenvalue weighted by Crippen LogP contribution is -1.84. The molecule has 2 N–H and O–H groups in total. The van der Waals surface area contributed by atoms with Gasteiger partial charge in [0, 0.05) is 17.3 Å². The smallest absolute Gasteiger partial charge is 0.202 e. The molecule has 0 aliphatic heterocycles. The van der Waals surface area contributed by atoms with Gasteiger partial charge < -0.3 is 5.73 Å². The monoisotopic (exact) mass is 237 g/mol. The van der Waals surface area contributed by atoms with Crippen molar-refractivity contribution in [2.24, 2.45) is 0 Å². The van der Waals surface area contributed by atoms with Gasteiger partial charge >= 0.3 is 0 Å². The second-order valence-electron chi connectivity index (χ2n) is 3.19. The predicted molar refractivity (Wildman–Crippen MR) is 65.1 cm³/mol. The topological polar surface area (TPSA) is 51.8 Å². The summed E-state index contributed by atoms with van der Waals surface area (Å²) in [5, 5.41) is 1.29. The normalized spacial score (nSPS) is 10.5. The molecular formula is C10H11N3S2. The van der Waals surface area contributed by atoms with E-state index < -0.39 is 0 Å². The Labute approximate surface area is 96.9 Å². The van der Waals surface area contributed by atoms with Crippen molar-refractivity contribution in [1.29, 1.82) is 0 Å². The minimum Gasteiger partial charge on any atom is -0.374 e. The second kappa shape index (κ2) is 4.63. The van der Waals surface area contributed by atoms with Gasteiger partial charge in [-0.15, -0.1) is 0 Å². The van der Waals surface area contributed by atoms with Gasteiger partial charge in [-0.25, -0.2) is 0 Å². The molecule has 0 spiro atoms. The molecule has 0 bridgehead atoms. The Morgan fingerprint density at radius 1 is 1.47 bits per heavy atom. The summed E-state index contributed by atoms with van der Waals surface area (Å²) >= 11 is 2.85. The molecular weight excluding hydrogens is 226 g/mol. The highest BCUT2D eigenvalue weighted by atomic mass is 32.2. The fourth-order valence-electron chi connectivity index (χ4n) is 1.23. The van der Waals surface area contributed by atoms with Gasteiger partial charge in [0.25, 0.3) is 0 Å². The van der Waals surface area contributed by atoms with Crippen LogP contribution in [0.25, 0.3) is 0 Å². The van der Waals surface area contributed by atoms with E-state index >= 15 is 0 Å². The highest BCUT2D eigenvalue weighted by Gasteiger charge is 2.02. The van der Waals surface area contributed by atoms with E-state index in [1.807, 2.05) is 0 Å². The van der Waals surface area contributed by atoms with Crippen molar-refractivity contribution < 1.29 is 0 Å². The van der Waals surface area contributed by atoms with Gasteiger partial charge in [0.2, 0.25) is 10.3 Å². The molecule has 15 heavy (non-hydrogen) atoms. The molecule has 1 heterocycles. The molecule has 78 valence electrons. The quantitative estimate of drug-likeness (QED) is 0.834. The van der Waals surface area contributed by atoms with E-state index in [9.17, 15) is 0 Å². The van der Waals surface area contributed by atoms with Crippen molar-refractivity contribution in [1.82, 2.24) is 9.36 Å². The fourth-order valence-corrected chi connectivity index (χ4v) is 2.59. The average molecular weight is 237 g/mol. The van der Waals surface area contributed by atoms with Crippen molar-refractivity contribution in [2.75, 3.05) is 5.73 Å². The van der Waals surface area contributed by atoms with Crippen LogP contribution in [-0.4, -0.2) is 9.36 Å². The molecule has 0 saturated heterocycles. The summed E-state index contributed by atoms with van der Waals surface area (Å²) in [5.74, 6) is 0.887. The van der Waals surface area contributed by atoms with Gasteiger partial charge in [-0.1, -0.05) is 41.6 Å². The molecule has 0 radical (unpaired) electrons. The van der Waals surface area contributed by atoms with Crippen molar-refractivity contribution in [3.8, 4) is 0 Å². The zero-order valence-corrected chi connectivity index (χ0v) is 9.94. The number of aryl methyl sites for hydroxylation is 1. The van der Waals surface area contributed by atoms with Gasteiger partial charge in [-0.05, 0) is 12.5 Å². The summed E-state index contributed by atoms with van der Waals surface area (Å²) in [7, 11) is 0. The van der Waals surface area contributed by atoms with Crippen LogP contribution in [0.15, 0.2) is 29.4 Å². The number of nitrogens with zero attached hydrogens (tertiary/aromatic N) is 2. The van der Waals surface area contributed by atoms with Crippen LogP contribution >= 0.6 is 23.3 Å². The lowest BCUT2D eigenvalue weighted by molar-refractivity contribution is 1.08. The molecule has 0 fully saturated rings. The average Bonchev–Trinajstić information content (AvgIpc) is 2.62. The predicted octanol–water partition coefficient (Wildman–Crippen LogP) is 2.72. The number of hydrogen-bond acceptors (Lipinski definition) is 5. The first-order valence-electron chi connectivity index (χ1n) is 4.51. The number of rotatable bonds is 3. The molecule has 0 aliphatic carbocycles. The lowest BCUT2D eigenvalue weighted by Gasteiger charge is -1.99. The lowest BCUT2D eigenvalue weighted by atomic mass is 10.2. The summed E-state index contributed by atoms with van der Waals surface area (Å²) in [4.78, 5) is 4.10. The first-order valence-corrected chi connectivity index (χ1v) is 6.27. The Bertz CT molecular complexity index is 453. The number of anilines is 1. The molecule has 0 saturated carbocycles. The van der Waals surface area contributed by atoms with E-state index in [4.69, 9.17) is 5.73 Å². The Morgan fingerprint density at radius 3 is 3.00 bits per heavy atom. The van der Waals surface area contributed by atoms with E-state index in [0.29, 0.717) is 5.13 Å². The molecule has 5 heteroatoms. The van der Waals surface area contributed by atoms with Crippen LogP contribution < -0.4 is 5.73 Å². The van der Waals surface area contributed by atoms with E-state index in [2.05, 4.69) is 40.5 Å². The standard InChI is InChI=1S/C10H11N3S2/c1-7-3-2-4-8(5-7)6-14-10-12-9(11)15-13-10/h2-5H,6H2,1H3,(H2,11,12,13). The van der Waals surface area contributed by atoms with E-state index in [1.54, 1.807) is 11.8 Å². The third-order valence-corrected chi connectivity index (χ3v) is 3.45. The van der Waals surface area contributed by atoms with Gasteiger partial charge in [0.1, 0.15) is 0 Å². The Balaban J connectivity index is 1.99. The van der Waals surface area contributed by atoms with Crippen LogP contribution in [0.3, 0.4) is 0 Å². The van der Waals surface area contributed by atoms with E-state index in [-0.39, 0.29) is 0 Å². The van der Waals surface area contributed by atoms with Crippen LogP contribution in [0.5, 0.6) is 0 Å². The summed E-state index contributed by atoms with van der Waals surface area (Å²) in [6.45, 7) is 2.09. The van der Waals surface area contributed by atoms with Crippen molar-refractivity contribution in [2.45, 2.75) is 17.8 Å². The Kier molecular flexibility index (Phi) is 3.23. The Hall–Kier alpha value is -1.07. The minimum absolute atomic E-state index is 0.529. The molecule has 1 aromatic heterocycles. The molecule has 0 unspecified atom stereocenters. The van der Waals surface area contributed by atoms with Crippen LogP contribution in [0.2, 0.25) is 0 Å². The van der Waals surface area contributed by atoms with Crippen molar-refractivity contribution in [3.05, 3.63) is 35.4 Å². The van der Waals surface area contributed by atoms with Crippen molar-refractivity contribution >= 4 is 28.4 Å². The highest BCUT2D eigenvalue weighted by Crippen LogP contribution is 2.22. The maximum Gasteiger partial charge on any atom is 0.202 e. The number of aromatic nitrogens is 2. The highest BCUT2D eigenvalue weighted by molar-refractivity contribution is 7.98. The fraction of sp³-hybridized carbons (Fsp3) is 0.200. The number of thioether (sulfide) groups is 1. The maximum atomic E-state index is 5.50. The van der Waals surface area contributed by atoms with Crippen LogP contribution in [0, 0.1) is 6.92 Å². The number of benzene rings is 1. The second-order valence-corrected chi connectivity index (χ2v) is 4.92. The zero-order valence-electron chi connectivity index (χ0n) is 8.30. The number of hydrogen-bond donors (Lipinski definition) is 1. The molecule has 0 amide bonds. The minimum atomic E-state index is 0.529. The summed E-state index contributed by atoms with van der Waals surface area (Å²) in [6, 6.07) is 8.43. The number of nitrogens with two attached hydrogens (primary N) is 1. The first kappa shape index (κ1) is 10.4. The zero-order chi connectivity index (χ0) is 10.7. The first-order chi connectivity index (χ1) is 7.24. The van der Waals surface area contributed by atoms with E-state index in [1.165, 1.54) is 22.7 Å². The number of nitrogen functional groups attached to an aromatic ring is 1. The summed E-state index contributed by atoms with van der Waals surface area (Å²) in [6.07, 6.45) is 0. The van der Waals surface area contributed by atoms with Gasteiger partial charge in [-0.2, -0.15) is 9.36 Å². The molecule has 1 aromatic carbocycles. The van der Waals surface area contributed by atoms with Crippen molar-refractivity contribution in [3.63, 3.8) is 0 Å². The third kappa shape index (κ3) is 2.94. The van der Waals surface area contributed by atoms with E-state index in [0.717, 1.165) is 10.9 Å². The van der Waals surface area contributed by atoms with Gasteiger partial charge in [0.05, 0.1) is 0 Å². The summed E-state index contributed by atoms with van der Waals surface area (Å²) < 4.78 is 4.12. The Morgan fingerprint density at radius 2 is 2.33 bits per heavy atom. The maximum absolute atomic E-state index is 5.50. The van der Waals surface area contributed by atoms with Crippen LogP contribution in [-0.2, 0) is 5.75 Å². The van der Waals surface area contributed by atoms with Gasteiger partial charge in [0.15, 0.2) is 0 Å². The molecule has 2 rings (SSSR count). The molecule has 2 aromatic rings. The van der Waals surface area contributed by atoms with Crippen LogP contribution in [0.4, 0.5) is 5.13 Å². The molecule has 0 atom stereocenters.